The summed E-state index contributed by atoms with van der Waals surface area (Å²) in [5, 5.41) is 40.3. The van der Waals surface area contributed by atoms with E-state index in [1.807, 2.05) is 0 Å². The molecule has 40 heavy (non-hydrogen) atoms. The van der Waals surface area contributed by atoms with Crippen molar-refractivity contribution in [1.29, 1.82) is 0 Å². The molecule has 3 saturated carbocycles. The molecule has 0 aromatic rings. The van der Waals surface area contributed by atoms with Crippen LogP contribution in [0.2, 0.25) is 0 Å². The normalized spacial score (nSPS) is 46.6. The molecule has 1 saturated heterocycles. The van der Waals surface area contributed by atoms with Crippen LogP contribution < -0.4 is 0 Å². The summed E-state index contributed by atoms with van der Waals surface area (Å²) >= 11 is 0. The molecule has 6 nitrogen and oxygen atoms in total. The molecule has 0 aromatic carbocycles. The Balaban J connectivity index is 1.27. The van der Waals surface area contributed by atoms with Crippen LogP contribution in [0.25, 0.3) is 0 Å². The zero-order valence-corrected chi connectivity index (χ0v) is 25.8. The molecule has 4 N–H and O–H groups in total. The topological polar surface area (TPSA) is 99.4 Å². The van der Waals surface area contributed by atoms with E-state index in [1.165, 1.54) is 44.1 Å². The molecular weight excluding hydrogens is 504 g/mol. The van der Waals surface area contributed by atoms with Gasteiger partial charge < -0.3 is 29.9 Å². The molecule has 1 aliphatic heterocycles. The molecule has 0 bridgehead atoms. The molecule has 4 fully saturated rings. The van der Waals surface area contributed by atoms with Gasteiger partial charge in [-0.15, -0.1) is 0 Å². The highest BCUT2D eigenvalue weighted by Crippen LogP contribution is 2.66. The number of rotatable bonds is 8. The van der Waals surface area contributed by atoms with E-state index in [2.05, 4.69) is 53.7 Å². The average Bonchev–Trinajstić information content (AvgIpc) is 3.29. The van der Waals surface area contributed by atoms with Gasteiger partial charge in [-0.3, -0.25) is 0 Å². The summed E-state index contributed by atoms with van der Waals surface area (Å²) in [6, 6.07) is 0. The molecule has 0 radical (unpaired) electrons. The Bertz CT molecular complexity index is 958. The standard InChI is InChI=1S/C34H56O6/c1-19(2)20(3)7-8-21(4)25-11-12-26-24-10-9-22-17-23(13-15-33(22,5)27(24)14-16-34(25,26)6)39-32-31(38)30(37)29(36)28(18-35)40-32/h9-10,19-21,23,25-32,35-38H,7-8,11-18H2,1-6H3. The maximum Gasteiger partial charge on any atom is 0.186 e. The highest BCUT2D eigenvalue weighted by Gasteiger charge is 2.57. The first kappa shape index (κ1) is 30.7. The second-order valence-electron chi connectivity index (χ2n) is 15.1. The van der Waals surface area contributed by atoms with E-state index in [0.717, 1.165) is 42.9 Å². The Morgan fingerprint density at radius 3 is 2.35 bits per heavy atom. The smallest absolute Gasteiger partial charge is 0.186 e. The molecule has 13 atom stereocenters. The van der Waals surface area contributed by atoms with Crippen molar-refractivity contribution in [3.8, 4) is 0 Å². The predicted molar refractivity (Wildman–Crippen MR) is 156 cm³/mol. The zero-order valence-electron chi connectivity index (χ0n) is 25.8. The number of allylic oxidation sites excluding steroid dienone is 3. The van der Waals surface area contributed by atoms with E-state index < -0.39 is 37.3 Å². The molecule has 228 valence electrons. The minimum absolute atomic E-state index is 0.130. The molecule has 13 unspecified atom stereocenters. The average molecular weight is 561 g/mol. The SMILES string of the molecule is CC(C)C(C)CCC(C)C1CCC2C3=CC=C4CC(OC5OC(CO)C(O)C(O)C5O)CCC4(C)C3CCC21C. The third-order valence-corrected chi connectivity index (χ3v) is 12.7. The Kier molecular flexibility index (Phi) is 9.00. The largest absolute Gasteiger partial charge is 0.394 e. The maximum atomic E-state index is 10.5. The molecule has 4 aliphatic carbocycles. The van der Waals surface area contributed by atoms with Gasteiger partial charge in [-0.25, -0.2) is 0 Å². The van der Waals surface area contributed by atoms with Crippen LogP contribution in [-0.2, 0) is 9.47 Å². The lowest BCUT2D eigenvalue weighted by atomic mass is 9.50. The highest BCUT2D eigenvalue weighted by atomic mass is 16.7. The fourth-order valence-electron chi connectivity index (χ4n) is 9.49. The number of aliphatic hydroxyl groups is 4. The summed E-state index contributed by atoms with van der Waals surface area (Å²) in [5.74, 6) is 4.45. The van der Waals surface area contributed by atoms with Gasteiger partial charge in [-0.05, 0) is 91.3 Å². The van der Waals surface area contributed by atoms with Crippen molar-refractivity contribution in [3.05, 3.63) is 23.3 Å². The van der Waals surface area contributed by atoms with E-state index in [1.54, 1.807) is 5.57 Å². The van der Waals surface area contributed by atoms with Gasteiger partial charge in [0.2, 0.25) is 0 Å². The highest BCUT2D eigenvalue weighted by molar-refractivity contribution is 5.39. The molecule has 5 rings (SSSR count). The summed E-state index contributed by atoms with van der Waals surface area (Å²) in [5.41, 5.74) is 3.68. The fraction of sp³-hybridized carbons (Fsp3) is 0.882. The first-order valence-corrected chi connectivity index (χ1v) is 16.3. The predicted octanol–water partition coefficient (Wildman–Crippen LogP) is 5.38. The molecule has 0 amide bonds. The summed E-state index contributed by atoms with van der Waals surface area (Å²) in [6.07, 6.45) is 9.24. The first-order chi connectivity index (χ1) is 18.9. The molecule has 1 heterocycles. The van der Waals surface area contributed by atoms with E-state index in [9.17, 15) is 20.4 Å². The Morgan fingerprint density at radius 2 is 1.65 bits per heavy atom. The van der Waals surface area contributed by atoms with Gasteiger partial charge in [0.15, 0.2) is 6.29 Å². The minimum atomic E-state index is -1.41. The van der Waals surface area contributed by atoms with Crippen molar-refractivity contribution in [2.24, 2.45) is 46.3 Å². The minimum Gasteiger partial charge on any atom is -0.394 e. The van der Waals surface area contributed by atoms with Crippen LogP contribution >= 0.6 is 0 Å². The van der Waals surface area contributed by atoms with E-state index in [-0.39, 0.29) is 11.5 Å². The third-order valence-electron chi connectivity index (χ3n) is 12.7. The van der Waals surface area contributed by atoms with Crippen LogP contribution in [0, 0.1) is 46.3 Å². The van der Waals surface area contributed by atoms with Crippen molar-refractivity contribution < 1.29 is 29.9 Å². The summed E-state index contributed by atoms with van der Waals surface area (Å²) in [6.45, 7) is 14.3. The lowest BCUT2D eigenvalue weighted by Crippen LogP contribution is -2.60. The molecule has 0 spiro atoms. The lowest BCUT2D eigenvalue weighted by molar-refractivity contribution is -0.312. The van der Waals surface area contributed by atoms with Crippen LogP contribution in [-0.4, -0.2) is 63.8 Å². The molecule has 0 aromatic heterocycles. The van der Waals surface area contributed by atoms with E-state index in [0.29, 0.717) is 17.3 Å². The monoisotopic (exact) mass is 560 g/mol. The summed E-state index contributed by atoms with van der Waals surface area (Å²) in [7, 11) is 0. The number of fused-ring (bicyclic) bond motifs is 5. The van der Waals surface area contributed by atoms with Crippen LogP contribution in [0.5, 0.6) is 0 Å². The van der Waals surface area contributed by atoms with Gasteiger partial charge in [0.1, 0.15) is 24.4 Å². The third kappa shape index (κ3) is 5.28. The number of hydrogen-bond acceptors (Lipinski definition) is 6. The molecular formula is C34H56O6. The molecule has 6 heteroatoms. The maximum absolute atomic E-state index is 10.5. The van der Waals surface area contributed by atoms with Gasteiger partial charge in [0.25, 0.3) is 0 Å². The fourth-order valence-corrected chi connectivity index (χ4v) is 9.49. The van der Waals surface area contributed by atoms with Crippen molar-refractivity contribution in [1.82, 2.24) is 0 Å². The first-order valence-electron chi connectivity index (χ1n) is 16.3. The summed E-state index contributed by atoms with van der Waals surface area (Å²) < 4.78 is 11.8. The lowest BCUT2D eigenvalue weighted by Gasteiger charge is -2.55. The van der Waals surface area contributed by atoms with Crippen molar-refractivity contribution in [2.45, 2.75) is 136 Å². The molecule has 5 aliphatic rings. The van der Waals surface area contributed by atoms with Crippen molar-refractivity contribution in [3.63, 3.8) is 0 Å². The summed E-state index contributed by atoms with van der Waals surface area (Å²) in [4.78, 5) is 0. The van der Waals surface area contributed by atoms with E-state index in [4.69, 9.17) is 9.47 Å². The van der Waals surface area contributed by atoms with Gasteiger partial charge in [0.05, 0.1) is 12.7 Å². The second-order valence-corrected chi connectivity index (χ2v) is 15.1. The van der Waals surface area contributed by atoms with Gasteiger partial charge >= 0.3 is 0 Å². The van der Waals surface area contributed by atoms with Gasteiger partial charge in [0, 0.05) is 0 Å². The van der Waals surface area contributed by atoms with Crippen molar-refractivity contribution in [2.75, 3.05) is 6.61 Å². The quantitative estimate of drug-likeness (QED) is 0.318. The van der Waals surface area contributed by atoms with Crippen LogP contribution in [0.3, 0.4) is 0 Å². The van der Waals surface area contributed by atoms with E-state index >= 15 is 0 Å². The second kappa shape index (κ2) is 11.7. The van der Waals surface area contributed by atoms with Crippen LogP contribution in [0.4, 0.5) is 0 Å². The van der Waals surface area contributed by atoms with Crippen LogP contribution in [0.15, 0.2) is 23.3 Å². The number of hydrogen-bond donors (Lipinski definition) is 4. The number of ether oxygens (including phenoxy) is 2. The van der Waals surface area contributed by atoms with Gasteiger partial charge in [-0.2, -0.15) is 0 Å². The van der Waals surface area contributed by atoms with Crippen molar-refractivity contribution >= 4 is 0 Å². The number of aliphatic hydroxyl groups excluding tert-OH is 4. The zero-order chi connectivity index (χ0) is 29.0. The van der Waals surface area contributed by atoms with Crippen LogP contribution in [0.1, 0.15) is 99.3 Å². The van der Waals surface area contributed by atoms with Gasteiger partial charge in [-0.1, -0.05) is 77.7 Å². The Morgan fingerprint density at radius 1 is 0.900 bits per heavy atom. The Labute approximate surface area is 242 Å². The Hall–Kier alpha value is -0.760.